The van der Waals surface area contributed by atoms with Crippen molar-refractivity contribution >= 4 is 29.6 Å². The summed E-state index contributed by atoms with van der Waals surface area (Å²) in [6.07, 6.45) is 2.12. The summed E-state index contributed by atoms with van der Waals surface area (Å²) in [6.45, 7) is 0. The second kappa shape index (κ2) is 5.74. The zero-order chi connectivity index (χ0) is 14.8. The first-order valence-corrected chi connectivity index (χ1v) is 7.79. The summed E-state index contributed by atoms with van der Waals surface area (Å²) in [5.41, 5.74) is 3.05. The van der Waals surface area contributed by atoms with E-state index in [9.17, 15) is 4.79 Å². The van der Waals surface area contributed by atoms with Crippen molar-refractivity contribution in [1.29, 1.82) is 0 Å². The quantitative estimate of drug-likeness (QED) is 0.795. The first-order valence-electron chi connectivity index (χ1n) is 6.81. The number of carbonyl (C=O) groups excluding carboxylic acids is 1. The van der Waals surface area contributed by atoms with Gasteiger partial charge in [-0.1, -0.05) is 36.0 Å². The largest absolute Gasteiger partial charge is 0.345 e. The van der Waals surface area contributed by atoms with E-state index in [-0.39, 0.29) is 5.91 Å². The predicted molar refractivity (Wildman–Crippen MR) is 86.7 cm³/mol. The molecule has 0 saturated carbocycles. The Balaban J connectivity index is 2.03. The predicted octanol–water partition coefficient (Wildman–Crippen LogP) is 3.21. The summed E-state index contributed by atoms with van der Waals surface area (Å²) >= 11 is 1.71. The highest BCUT2D eigenvalue weighted by atomic mass is 32.2. The van der Waals surface area contributed by atoms with E-state index < -0.39 is 0 Å². The fourth-order valence-electron chi connectivity index (χ4n) is 2.33. The smallest absolute Gasteiger partial charge is 0.254 e. The normalized spacial score (nSPS) is 13.3. The number of para-hydroxylation sites is 1. The van der Waals surface area contributed by atoms with Crippen LogP contribution in [-0.2, 0) is 0 Å². The Hall–Kier alpha value is -2.07. The van der Waals surface area contributed by atoms with Gasteiger partial charge in [-0.05, 0) is 12.1 Å². The standard InChI is InChI=1S/C17H17N2OS/c1-18(2)17(20)15-10-6-7-13-11-19(12-21-16(13)15)14-8-4-3-5-9-14/h3-11H,12H2,1-2H3/q+1. The minimum absolute atomic E-state index is 0.0564. The molecule has 0 bridgehead atoms. The van der Waals surface area contributed by atoms with Crippen LogP contribution in [0.3, 0.4) is 0 Å². The highest BCUT2D eigenvalue weighted by Crippen LogP contribution is 2.31. The molecule has 0 N–H and O–H groups in total. The summed E-state index contributed by atoms with van der Waals surface area (Å²) in [7, 11) is 3.57. The Bertz CT molecular complexity index is 708. The lowest BCUT2D eigenvalue weighted by Crippen LogP contribution is -2.24. The molecule has 1 amide bonds. The monoisotopic (exact) mass is 297 g/mol. The third-order valence-electron chi connectivity index (χ3n) is 3.41. The van der Waals surface area contributed by atoms with E-state index in [0.717, 1.165) is 21.9 Å². The SMILES string of the molecule is CN(C)C(=O)c1cccc2c1SC[N+](c1ccccc1)=C2. The molecule has 0 fully saturated rings. The molecule has 0 spiro atoms. The van der Waals surface area contributed by atoms with Crippen LogP contribution in [0.15, 0.2) is 53.4 Å². The molecule has 1 aliphatic rings. The maximum Gasteiger partial charge on any atom is 0.254 e. The molecule has 3 nitrogen and oxygen atoms in total. The van der Waals surface area contributed by atoms with Crippen LogP contribution in [0.2, 0.25) is 0 Å². The van der Waals surface area contributed by atoms with Gasteiger partial charge in [-0.2, -0.15) is 4.58 Å². The van der Waals surface area contributed by atoms with Crippen LogP contribution in [0.5, 0.6) is 0 Å². The van der Waals surface area contributed by atoms with Crippen molar-refractivity contribution in [3.63, 3.8) is 0 Å². The second-order valence-corrected chi connectivity index (χ2v) is 6.09. The van der Waals surface area contributed by atoms with Gasteiger partial charge in [-0.25, -0.2) is 0 Å². The molecule has 0 atom stereocenters. The van der Waals surface area contributed by atoms with Gasteiger partial charge < -0.3 is 4.90 Å². The van der Waals surface area contributed by atoms with Crippen LogP contribution < -0.4 is 0 Å². The Labute approximate surface area is 128 Å². The van der Waals surface area contributed by atoms with Gasteiger partial charge in [-0.15, -0.1) is 0 Å². The molecule has 4 heteroatoms. The Morgan fingerprint density at radius 1 is 1.10 bits per heavy atom. The second-order valence-electron chi connectivity index (χ2n) is 5.13. The molecule has 106 valence electrons. The Morgan fingerprint density at radius 3 is 2.57 bits per heavy atom. The average molecular weight is 297 g/mol. The number of carbonyl (C=O) groups is 1. The lowest BCUT2D eigenvalue weighted by atomic mass is 10.1. The molecule has 1 aliphatic heterocycles. The van der Waals surface area contributed by atoms with Crippen LogP contribution >= 0.6 is 11.8 Å². The third-order valence-corrected chi connectivity index (χ3v) is 4.56. The zero-order valence-electron chi connectivity index (χ0n) is 12.1. The number of thioether (sulfide) groups is 1. The number of benzene rings is 2. The summed E-state index contributed by atoms with van der Waals surface area (Å²) in [4.78, 5) is 15.0. The number of nitrogens with zero attached hydrogens (tertiary/aromatic N) is 2. The number of hydrogen-bond acceptors (Lipinski definition) is 2. The summed E-state index contributed by atoms with van der Waals surface area (Å²) in [5.74, 6) is 0.871. The Kier molecular flexibility index (Phi) is 3.80. The zero-order valence-corrected chi connectivity index (χ0v) is 12.9. The van der Waals surface area contributed by atoms with Gasteiger partial charge in [0.25, 0.3) is 5.91 Å². The van der Waals surface area contributed by atoms with Crippen LogP contribution in [0.4, 0.5) is 5.69 Å². The first-order chi connectivity index (χ1) is 10.2. The molecule has 1 heterocycles. The van der Waals surface area contributed by atoms with E-state index in [4.69, 9.17) is 0 Å². The van der Waals surface area contributed by atoms with Gasteiger partial charge in [0.05, 0.1) is 11.1 Å². The van der Waals surface area contributed by atoms with Gasteiger partial charge >= 0.3 is 0 Å². The molecule has 0 radical (unpaired) electrons. The summed E-state index contributed by atoms with van der Waals surface area (Å²) in [5, 5.41) is 0. The Morgan fingerprint density at radius 2 is 1.86 bits per heavy atom. The molecule has 2 aromatic rings. The van der Waals surface area contributed by atoms with Crippen molar-refractivity contribution in [3.05, 3.63) is 59.7 Å². The molecule has 21 heavy (non-hydrogen) atoms. The molecule has 3 rings (SSSR count). The van der Waals surface area contributed by atoms with Crippen molar-refractivity contribution in [2.75, 3.05) is 20.0 Å². The van der Waals surface area contributed by atoms with Crippen molar-refractivity contribution in [1.82, 2.24) is 4.90 Å². The van der Waals surface area contributed by atoms with E-state index in [1.165, 1.54) is 5.69 Å². The van der Waals surface area contributed by atoms with E-state index in [1.807, 2.05) is 30.3 Å². The van der Waals surface area contributed by atoms with E-state index in [2.05, 4.69) is 29.0 Å². The summed E-state index contributed by atoms with van der Waals surface area (Å²) < 4.78 is 2.21. The van der Waals surface area contributed by atoms with Crippen molar-refractivity contribution in [2.45, 2.75) is 4.90 Å². The fraction of sp³-hybridized carbons (Fsp3) is 0.176. The molecule has 0 aromatic heterocycles. The van der Waals surface area contributed by atoms with Crippen LogP contribution in [-0.4, -0.2) is 41.6 Å². The molecular formula is C17H17N2OS+. The highest BCUT2D eigenvalue weighted by Gasteiger charge is 2.23. The van der Waals surface area contributed by atoms with E-state index in [0.29, 0.717) is 0 Å². The van der Waals surface area contributed by atoms with E-state index in [1.54, 1.807) is 30.8 Å². The van der Waals surface area contributed by atoms with E-state index >= 15 is 0 Å². The van der Waals surface area contributed by atoms with Gasteiger partial charge in [0.1, 0.15) is 0 Å². The third kappa shape index (κ3) is 2.72. The van der Waals surface area contributed by atoms with Gasteiger partial charge in [0.2, 0.25) is 5.69 Å². The minimum atomic E-state index is 0.0564. The fourth-order valence-corrected chi connectivity index (χ4v) is 3.42. The lowest BCUT2D eigenvalue weighted by molar-refractivity contribution is -0.411. The van der Waals surface area contributed by atoms with Crippen molar-refractivity contribution in [3.8, 4) is 0 Å². The van der Waals surface area contributed by atoms with Crippen LogP contribution in [0.1, 0.15) is 15.9 Å². The number of rotatable bonds is 2. The molecule has 0 saturated heterocycles. The maximum absolute atomic E-state index is 12.3. The molecular weight excluding hydrogens is 280 g/mol. The number of fused-ring (bicyclic) bond motifs is 1. The van der Waals surface area contributed by atoms with Gasteiger partial charge in [-0.3, -0.25) is 4.79 Å². The lowest BCUT2D eigenvalue weighted by Gasteiger charge is -2.17. The first kappa shape index (κ1) is 13.9. The summed E-state index contributed by atoms with van der Waals surface area (Å²) in [6, 6.07) is 16.2. The van der Waals surface area contributed by atoms with Gasteiger partial charge in [0.15, 0.2) is 12.1 Å². The molecule has 0 unspecified atom stereocenters. The highest BCUT2D eigenvalue weighted by molar-refractivity contribution is 7.99. The van der Waals surface area contributed by atoms with Crippen LogP contribution in [0, 0.1) is 0 Å². The minimum Gasteiger partial charge on any atom is -0.345 e. The average Bonchev–Trinajstić information content (AvgIpc) is 2.53. The number of hydrogen-bond donors (Lipinski definition) is 0. The van der Waals surface area contributed by atoms with Gasteiger partial charge in [0, 0.05) is 31.1 Å². The van der Waals surface area contributed by atoms with Crippen molar-refractivity contribution < 1.29 is 9.37 Å². The van der Waals surface area contributed by atoms with Crippen molar-refractivity contribution in [2.24, 2.45) is 0 Å². The molecule has 0 aliphatic carbocycles. The number of amides is 1. The topological polar surface area (TPSA) is 23.3 Å². The molecule has 2 aromatic carbocycles. The maximum atomic E-state index is 12.3. The van der Waals surface area contributed by atoms with Crippen LogP contribution in [0.25, 0.3) is 0 Å².